The number of rotatable bonds is 2. The number of alkyl halides is 3. The van der Waals surface area contributed by atoms with Gasteiger partial charge in [0.2, 0.25) is 0 Å². The number of carbonyl (C=O) groups excluding carboxylic acids is 2. The van der Waals surface area contributed by atoms with Crippen molar-refractivity contribution < 1.29 is 22.8 Å². The number of nitrogens with one attached hydrogen (secondary N) is 1. The standard InChI is InChI=1S/C14H12F3NO2/c15-14(16,17)10-6-11(8-12(19)7-10)18-13(20)9-4-2-1-3-5-9/h1-5,8,10H,6-7H2,(H,18,20). The Morgan fingerprint density at radius 2 is 1.80 bits per heavy atom. The first-order valence-electron chi connectivity index (χ1n) is 6.03. The molecule has 1 amide bonds. The van der Waals surface area contributed by atoms with Crippen LogP contribution in [0.3, 0.4) is 0 Å². The van der Waals surface area contributed by atoms with Gasteiger partial charge in [0.15, 0.2) is 5.78 Å². The molecule has 0 bridgehead atoms. The van der Waals surface area contributed by atoms with Crippen LogP contribution in [0.2, 0.25) is 0 Å². The van der Waals surface area contributed by atoms with E-state index in [1.165, 1.54) is 0 Å². The summed E-state index contributed by atoms with van der Waals surface area (Å²) in [4.78, 5) is 23.2. The highest BCUT2D eigenvalue weighted by atomic mass is 19.4. The summed E-state index contributed by atoms with van der Waals surface area (Å²) in [5, 5.41) is 2.37. The molecule has 1 aromatic rings. The summed E-state index contributed by atoms with van der Waals surface area (Å²) >= 11 is 0. The molecule has 0 aliphatic heterocycles. The third-order valence-electron chi connectivity index (χ3n) is 3.02. The van der Waals surface area contributed by atoms with Gasteiger partial charge in [-0.15, -0.1) is 0 Å². The van der Waals surface area contributed by atoms with E-state index >= 15 is 0 Å². The summed E-state index contributed by atoms with van der Waals surface area (Å²) in [6.07, 6.45) is -4.31. The van der Waals surface area contributed by atoms with Crippen LogP contribution in [0.25, 0.3) is 0 Å². The molecule has 2 rings (SSSR count). The Morgan fingerprint density at radius 3 is 2.40 bits per heavy atom. The molecular weight excluding hydrogens is 271 g/mol. The van der Waals surface area contributed by atoms with Gasteiger partial charge in [-0.3, -0.25) is 9.59 Å². The van der Waals surface area contributed by atoms with Crippen LogP contribution in [0.15, 0.2) is 42.1 Å². The van der Waals surface area contributed by atoms with Crippen LogP contribution in [0.5, 0.6) is 0 Å². The zero-order chi connectivity index (χ0) is 14.8. The lowest BCUT2D eigenvalue weighted by Crippen LogP contribution is -2.33. The Kier molecular flexibility index (Phi) is 3.92. The van der Waals surface area contributed by atoms with Gasteiger partial charge in [-0.25, -0.2) is 0 Å². The lowest BCUT2D eigenvalue weighted by molar-refractivity contribution is -0.178. The van der Waals surface area contributed by atoms with Gasteiger partial charge in [-0.05, 0) is 18.6 Å². The Labute approximate surface area is 113 Å². The molecule has 106 valence electrons. The smallest absolute Gasteiger partial charge is 0.326 e. The van der Waals surface area contributed by atoms with Crippen LogP contribution in [-0.4, -0.2) is 17.9 Å². The summed E-state index contributed by atoms with van der Waals surface area (Å²) in [5.41, 5.74) is 0.340. The number of benzene rings is 1. The molecule has 1 aliphatic rings. The van der Waals surface area contributed by atoms with Crippen molar-refractivity contribution in [2.24, 2.45) is 5.92 Å². The minimum Gasteiger partial charge on any atom is -0.326 e. The lowest BCUT2D eigenvalue weighted by Gasteiger charge is -2.24. The van der Waals surface area contributed by atoms with Crippen LogP contribution in [-0.2, 0) is 4.79 Å². The Balaban J connectivity index is 2.09. The predicted octanol–water partition coefficient (Wildman–Crippen LogP) is 2.84. The fourth-order valence-electron chi connectivity index (χ4n) is 2.02. The van der Waals surface area contributed by atoms with Gasteiger partial charge in [0, 0.05) is 23.8 Å². The molecule has 6 heteroatoms. The highest BCUT2D eigenvalue weighted by molar-refractivity contribution is 5.97. The van der Waals surface area contributed by atoms with E-state index < -0.39 is 30.2 Å². The molecule has 0 fully saturated rings. The number of hydrogen-bond acceptors (Lipinski definition) is 2. The number of ketones is 1. The van der Waals surface area contributed by atoms with Crippen molar-refractivity contribution in [1.82, 2.24) is 5.32 Å². The molecule has 0 radical (unpaired) electrons. The second-order valence-electron chi connectivity index (χ2n) is 4.60. The second-order valence-corrected chi connectivity index (χ2v) is 4.60. The first-order chi connectivity index (χ1) is 9.36. The fourth-order valence-corrected chi connectivity index (χ4v) is 2.02. The van der Waals surface area contributed by atoms with Crippen LogP contribution < -0.4 is 5.32 Å². The lowest BCUT2D eigenvalue weighted by atomic mass is 9.90. The van der Waals surface area contributed by atoms with Crippen molar-refractivity contribution >= 4 is 11.7 Å². The van der Waals surface area contributed by atoms with Crippen LogP contribution >= 0.6 is 0 Å². The van der Waals surface area contributed by atoms with Crippen molar-refractivity contribution in [2.75, 3.05) is 0 Å². The topological polar surface area (TPSA) is 46.2 Å². The van der Waals surface area contributed by atoms with E-state index in [1.807, 2.05) is 0 Å². The fraction of sp³-hybridized carbons (Fsp3) is 0.286. The van der Waals surface area contributed by atoms with E-state index in [4.69, 9.17) is 0 Å². The zero-order valence-corrected chi connectivity index (χ0v) is 10.4. The summed E-state index contributed by atoms with van der Waals surface area (Å²) in [5.74, 6) is -2.87. The Hall–Kier alpha value is -2.11. The van der Waals surface area contributed by atoms with E-state index in [9.17, 15) is 22.8 Å². The van der Waals surface area contributed by atoms with Gasteiger partial charge < -0.3 is 5.32 Å². The Bertz CT molecular complexity index is 549. The largest absolute Gasteiger partial charge is 0.392 e. The maximum absolute atomic E-state index is 12.7. The van der Waals surface area contributed by atoms with E-state index in [1.54, 1.807) is 30.3 Å². The maximum Gasteiger partial charge on any atom is 0.392 e. The number of halogens is 3. The first kappa shape index (κ1) is 14.3. The average molecular weight is 283 g/mol. The van der Waals surface area contributed by atoms with E-state index in [2.05, 4.69) is 5.32 Å². The summed E-state index contributed by atoms with van der Waals surface area (Å²) in [6.45, 7) is 0. The first-order valence-corrected chi connectivity index (χ1v) is 6.03. The molecule has 1 unspecified atom stereocenters. The SMILES string of the molecule is O=C1C=C(NC(=O)c2ccccc2)CC(C(F)(F)F)C1. The highest BCUT2D eigenvalue weighted by Crippen LogP contribution is 2.35. The summed E-state index contributed by atoms with van der Waals surface area (Å²) in [6, 6.07) is 8.10. The van der Waals surface area contributed by atoms with Gasteiger partial charge in [-0.1, -0.05) is 18.2 Å². The molecule has 0 saturated carbocycles. The molecule has 20 heavy (non-hydrogen) atoms. The number of carbonyl (C=O) groups is 2. The van der Waals surface area contributed by atoms with E-state index in [0.29, 0.717) is 5.56 Å². The van der Waals surface area contributed by atoms with Crippen LogP contribution in [0.4, 0.5) is 13.2 Å². The van der Waals surface area contributed by atoms with Crippen molar-refractivity contribution in [3.63, 3.8) is 0 Å². The molecule has 1 atom stereocenters. The van der Waals surface area contributed by atoms with Crippen molar-refractivity contribution in [3.8, 4) is 0 Å². The molecule has 0 saturated heterocycles. The molecule has 1 aromatic carbocycles. The van der Waals surface area contributed by atoms with E-state index in [-0.39, 0.29) is 12.1 Å². The quantitative estimate of drug-likeness (QED) is 0.907. The molecule has 0 aromatic heterocycles. The van der Waals surface area contributed by atoms with Crippen LogP contribution in [0.1, 0.15) is 23.2 Å². The summed E-state index contributed by atoms with van der Waals surface area (Å²) in [7, 11) is 0. The predicted molar refractivity (Wildman–Crippen MR) is 65.8 cm³/mol. The third-order valence-corrected chi connectivity index (χ3v) is 3.02. The minimum absolute atomic E-state index is 0.0115. The van der Waals surface area contributed by atoms with Crippen molar-refractivity contribution in [1.29, 1.82) is 0 Å². The average Bonchev–Trinajstić information content (AvgIpc) is 2.38. The van der Waals surface area contributed by atoms with E-state index in [0.717, 1.165) is 6.08 Å². The monoisotopic (exact) mass is 283 g/mol. The molecular formula is C14H12F3NO2. The molecule has 1 N–H and O–H groups in total. The number of allylic oxidation sites excluding steroid dienone is 2. The minimum atomic E-state index is -4.44. The number of hydrogen-bond donors (Lipinski definition) is 1. The third kappa shape index (κ3) is 3.46. The maximum atomic E-state index is 12.7. The van der Waals surface area contributed by atoms with Crippen molar-refractivity contribution in [2.45, 2.75) is 19.0 Å². The second kappa shape index (κ2) is 5.48. The molecule has 0 spiro atoms. The van der Waals surface area contributed by atoms with Crippen LogP contribution in [0, 0.1) is 5.92 Å². The molecule has 1 aliphatic carbocycles. The normalized spacial score (nSPS) is 19.4. The zero-order valence-electron chi connectivity index (χ0n) is 10.4. The van der Waals surface area contributed by atoms with Gasteiger partial charge in [0.05, 0.1) is 5.92 Å². The molecule has 3 nitrogen and oxygen atoms in total. The molecule has 0 heterocycles. The Morgan fingerprint density at radius 1 is 1.15 bits per heavy atom. The van der Waals surface area contributed by atoms with Gasteiger partial charge in [-0.2, -0.15) is 13.2 Å². The van der Waals surface area contributed by atoms with Gasteiger partial charge in [0.25, 0.3) is 5.91 Å². The van der Waals surface area contributed by atoms with Gasteiger partial charge >= 0.3 is 6.18 Å². The highest BCUT2D eigenvalue weighted by Gasteiger charge is 2.42. The summed E-state index contributed by atoms with van der Waals surface area (Å²) < 4.78 is 38.0. The number of amides is 1. The van der Waals surface area contributed by atoms with Gasteiger partial charge in [0.1, 0.15) is 0 Å². The van der Waals surface area contributed by atoms with Crippen molar-refractivity contribution in [3.05, 3.63) is 47.7 Å².